The highest BCUT2D eigenvalue weighted by atomic mass is 16.6. The van der Waals surface area contributed by atoms with Crippen molar-refractivity contribution in [3.05, 3.63) is 0 Å². The van der Waals surface area contributed by atoms with Crippen molar-refractivity contribution in [1.82, 2.24) is 0 Å². The van der Waals surface area contributed by atoms with E-state index >= 15 is 0 Å². The van der Waals surface area contributed by atoms with Gasteiger partial charge in [0.05, 0.1) is 0 Å². The van der Waals surface area contributed by atoms with Crippen LogP contribution in [0.15, 0.2) is 0 Å². The summed E-state index contributed by atoms with van der Waals surface area (Å²) in [5.41, 5.74) is 0. The Kier molecular flexibility index (Phi) is 2.25. The minimum absolute atomic E-state index is 0.134. The number of carbonyl (C=O) groups excluding carboxylic acids is 2. The Labute approximate surface area is 58.1 Å². The Morgan fingerprint density at radius 1 is 1.80 bits per heavy atom. The first kappa shape index (κ1) is 7.05. The van der Waals surface area contributed by atoms with E-state index in [9.17, 15) is 9.59 Å². The molecule has 0 aliphatic carbocycles. The van der Waals surface area contributed by atoms with Crippen molar-refractivity contribution in [3.63, 3.8) is 0 Å². The normalized spacial score (nSPS) is 24.0. The van der Waals surface area contributed by atoms with Gasteiger partial charge in [0.25, 0.3) is 0 Å². The molecule has 0 aromatic rings. The first-order valence-electron chi connectivity index (χ1n) is 3.01. The first-order valence-corrected chi connectivity index (χ1v) is 3.01. The summed E-state index contributed by atoms with van der Waals surface area (Å²) in [7, 11) is 0. The van der Waals surface area contributed by atoms with Crippen molar-refractivity contribution >= 4 is 12.4 Å². The first-order chi connectivity index (χ1) is 4.83. The molecule has 0 bridgehead atoms. The summed E-state index contributed by atoms with van der Waals surface area (Å²) >= 11 is 0. The molecule has 1 heterocycles. The second-order valence-electron chi connectivity index (χ2n) is 2.04. The summed E-state index contributed by atoms with van der Waals surface area (Å²) in [6, 6.07) is 0. The lowest BCUT2D eigenvalue weighted by molar-refractivity contribution is -0.142. The molecule has 0 amide bonds. The van der Waals surface area contributed by atoms with Crippen LogP contribution in [0, 0.1) is 0 Å². The number of hydrogen-bond acceptors (Lipinski definition) is 4. The molecular formula is C6H7O4. The predicted molar refractivity (Wildman–Crippen MR) is 30.8 cm³/mol. The quantitative estimate of drug-likeness (QED) is 0.512. The number of ether oxygens (including phenoxy) is 2. The van der Waals surface area contributed by atoms with E-state index in [4.69, 9.17) is 4.74 Å². The second-order valence-corrected chi connectivity index (χ2v) is 2.04. The van der Waals surface area contributed by atoms with Crippen LogP contribution in [0.1, 0.15) is 12.8 Å². The lowest BCUT2D eigenvalue weighted by Crippen LogP contribution is -2.14. The number of rotatable bonds is 3. The fourth-order valence-corrected chi connectivity index (χ4v) is 0.827. The van der Waals surface area contributed by atoms with Gasteiger partial charge in [0.2, 0.25) is 0 Å². The third kappa shape index (κ3) is 1.72. The van der Waals surface area contributed by atoms with E-state index in [1.54, 1.807) is 0 Å². The van der Waals surface area contributed by atoms with Crippen LogP contribution in [0.25, 0.3) is 0 Å². The summed E-state index contributed by atoms with van der Waals surface area (Å²) in [5.74, 6) is -0.223. The molecule has 0 aromatic heterocycles. The average Bonchev–Trinajstić information content (AvgIpc) is 2.31. The van der Waals surface area contributed by atoms with Crippen LogP contribution < -0.4 is 0 Å². The maximum absolute atomic E-state index is 10.4. The molecule has 10 heavy (non-hydrogen) atoms. The van der Waals surface area contributed by atoms with Gasteiger partial charge in [-0.3, -0.25) is 4.79 Å². The highest BCUT2D eigenvalue weighted by Gasteiger charge is 2.23. The van der Waals surface area contributed by atoms with Gasteiger partial charge in [0.15, 0.2) is 0 Å². The van der Waals surface area contributed by atoms with E-state index < -0.39 is 0 Å². The summed E-state index contributed by atoms with van der Waals surface area (Å²) in [5, 5.41) is 0. The van der Waals surface area contributed by atoms with Crippen LogP contribution in [0.3, 0.4) is 0 Å². The van der Waals surface area contributed by atoms with Gasteiger partial charge in [-0.1, -0.05) is 0 Å². The van der Waals surface area contributed by atoms with Gasteiger partial charge in [-0.25, -0.2) is 4.79 Å². The van der Waals surface area contributed by atoms with Gasteiger partial charge in [0.1, 0.15) is 12.7 Å². The highest BCUT2D eigenvalue weighted by molar-refractivity contribution is 5.71. The standard InChI is InChI=1S/C6H7O4/c7-4-9-3-5-1-2-6(8)10-5/h5H,1-3H2. The zero-order valence-corrected chi connectivity index (χ0v) is 5.33. The van der Waals surface area contributed by atoms with Crippen LogP contribution in [-0.4, -0.2) is 25.2 Å². The molecule has 1 aliphatic rings. The lowest BCUT2D eigenvalue weighted by atomic mass is 10.2. The largest absolute Gasteiger partial charge is 0.459 e. The van der Waals surface area contributed by atoms with E-state index in [2.05, 4.69) is 4.74 Å². The van der Waals surface area contributed by atoms with Crippen molar-refractivity contribution < 1.29 is 19.1 Å². The summed E-state index contributed by atoms with van der Waals surface area (Å²) in [6.45, 7) is 1.40. The lowest BCUT2D eigenvalue weighted by Gasteiger charge is -2.04. The van der Waals surface area contributed by atoms with Crippen LogP contribution in [0.5, 0.6) is 0 Å². The molecule has 1 fully saturated rings. The molecule has 0 aromatic carbocycles. The Balaban J connectivity index is 2.18. The van der Waals surface area contributed by atoms with Gasteiger partial charge in [0, 0.05) is 6.42 Å². The van der Waals surface area contributed by atoms with E-state index in [0.29, 0.717) is 12.8 Å². The van der Waals surface area contributed by atoms with Gasteiger partial charge in [-0.15, -0.1) is 0 Å². The Morgan fingerprint density at radius 2 is 2.60 bits per heavy atom. The molecule has 0 spiro atoms. The molecule has 1 atom stereocenters. The minimum Gasteiger partial charge on any atom is -0.459 e. The molecule has 0 N–H and O–H groups in total. The molecule has 4 nitrogen and oxygen atoms in total. The van der Waals surface area contributed by atoms with Crippen LogP contribution >= 0.6 is 0 Å². The summed E-state index contributed by atoms with van der Waals surface area (Å²) in [4.78, 5) is 20.0. The third-order valence-electron chi connectivity index (χ3n) is 1.30. The van der Waals surface area contributed by atoms with Crippen LogP contribution in [-0.2, 0) is 19.1 Å². The summed E-state index contributed by atoms with van der Waals surface area (Å²) in [6.07, 6.45) is 0.821. The molecular weight excluding hydrogens is 136 g/mol. The van der Waals surface area contributed by atoms with Crippen molar-refractivity contribution in [2.24, 2.45) is 0 Å². The number of esters is 1. The summed E-state index contributed by atoms with van der Waals surface area (Å²) < 4.78 is 9.00. The predicted octanol–water partition coefficient (Wildman–Crippen LogP) is -0.224. The van der Waals surface area contributed by atoms with Crippen molar-refractivity contribution in [3.8, 4) is 0 Å². The number of hydrogen-bond donors (Lipinski definition) is 0. The molecule has 1 saturated heterocycles. The molecule has 1 unspecified atom stereocenters. The van der Waals surface area contributed by atoms with Crippen LogP contribution in [0.2, 0.25) is 0 Å². The molecule has 0 saturated carbocycles. The number of cyclic esters (lactones) is 1. The zero-order valence-electron chi connectivity index (χ0n) is 5.33. The molecule has 1 aliphatic heterocycles. The van der Waals surface area contributed by atoms with E-state index in [1.807, 2.05) is 0 Å². The molecule has 4 heteroatoms. The molecule has 1 radical (unpaired) electrons. The minimum atomic E-state index is -0.242. The van der Waals surface area contributed by atoms with E-state index in [0.717, 1.165) is 0 Å². The maximum Gasteiger partial charge on any atom is 0.417 e. The van der Waals surface area contributed by atoms with Crippen molar-refractivity contribution in [2.75, 3.05) is 6.61 Å². The zero-order chi connectivity index (χ0) is 7.40. The maximum atomic E-state index is 10.4. The smallest absolute Gasteiger partial charge is 0.417 e. The van der Waals surface area contributed by atoms with Crippen LogP contribution in [0.4, 0.5) is 0 Å². The average molecular weight is 143 g/mol. The Hall–Kier alpha value is -1.06. The fourth-order valence-electron chi connectivity index (χ4n) is 0.827. The topological polar surface area (TPSA) is 52.6 Å². The monoisotopic (exact) mass is 143 g/mol. The second kappa shape index (κ2) is 3.20. The molecule has 55 valence electrons. The van der Waals surface area contributed by atoms with Gasteiger partial charge in [-0.05, 0) is 6.42 Å². The highest BCUT2D eigenvalue weighted by Crippen LogP contribution is 2.12. The SMILES string of the molecule is O=[C]OCC1CCC(=O)O1. The van der Waals surface area contributed by atoms with Gasteiger partial charge < -0.3 is 9.47 Å². The molecule has 1 rings (SSSR count). The van der Waals surface area contributed by atoms with Gasteiger partial charge in [-0.2, -0.15) is 0 Å². The number of carbonyl (C=O) groups is 1. The van der Waals surface area contributed by atoms with E-state index in [-0.39, 0.29) is 18.7 Å². The van der Waals surface area contributed by atoms with Gasteiger partial charge >= 0.3 is 12.4 Å². The third-order valence-corrected chi connectivity index (χ3v) is 1.30. The Bertz CT molecular complexity index is 143. The Morgan fingerprint density at radius 3 is 3.10 bits per heavy atom. The van der Waals surface area contributed by atoms with Crippen molar-refractivity contribution in [1.29, 1.82) is 0 Å². The van der Waals surface area contributed by atoms with Crippen molar-refractivity contribution in [2.45, 2.75) is 18.9 Å². The van der Waals surface area contributed by atoms with E-state index in [1.165, 1.54) is 6.47 Å². The fraction of sp³-hybridized carbons (Fsp3) is 0.667.